The quantitative estimate of drug-likeness (QED) is 0.242. The fraction of sp³-hybridized carbons (Fsp3) is 0.462. The number of rotatable bonds is 8. The number of benzene rings is 3. The number of ether oxygens (including phenoxy) is 10. The summed E-state index contributed by atoms with van der Waals surface area (Å²) in [4.78, 5) is 41.8. The predicted molar refractivity (Wildman–Crippen MR) is 182 cm³/mol. The lowest BCUT2D eigenvalue weighted by Gasteiger charge is -2.52. The third-order valence-corrected chi connectivity index (χ3v) is 9.97. The van der Waals surface area contributed by atoms with Crippen molar-refractivity contribution in [2.75, 3.05) is 13.7 Å². The Bertz CT molecular complexity index is 1800. The van der Waals surface area contributed by atoms with Crippen LogP contribution in [0.5, 0.6) is 11.5 Å². The molecule has 8 rings (SSSR count). The molecule has 0 unspecified atom stereocenters. The molecule has 0 radical (unpaired) electrons. The van der Waals surface area contributed by atoms with Crippen molar-refractivity contribution >= 4 is 17.8 Å². The van der Waals surface area contributed by atoms with Gasteiger partial charge in [-0.3, -0.25) is 19.3 Å². The second-order valence-corrected chi connectivity index (χ2v) is 14.0. The molecular weight excluding hydrogens is 690 g/mol. The van der Waals surface area contributed by atoms with Crippen molar-refractivity contribution in [3.63, 3.8) is 0 Å². The minimum Gasteiger partial charge on any atom is -0.497 e. The standard InChI is InChI=1S/C39H41NO13/c1-20-29(47-21(2)41)32-33(53-39(3,4)52-32)38(46-20)51-31-28(40-34(42)25-13-9-10-14-26(25)35(40)43)37(48-24-17-15-23(44-5)16-18-24)49-27-19-45-36(50-30(27)31)22-11-7-6-8-12-22/h6-18,20,27-33,36-38H,19H2,1-5H3/t20-,27+,28+,29-,30+,31+,32+,33+,36+,37+,38-/m0/s1. The van der Waals surface area contributed by atoms with Gasteiger partial charge in [0.2, 0.25) is 6.29 Å². The van der Waals surface area contributed by atoms with Gasteiger partial charge in [0.05, 0.1) is 30.9 Å². The number of carbonyl (C=O) groups is 3. The second-order valence-electron chi connectivity index (χ2n) is 14.0. The highest BCUT2D eigenvalue weighted by molar-refractivity contribution is 6.21. The molecule has 0 saturated carbocycles. The summed E-state index contributed by atoms with van der Waals surface area (Å²) >= 11 is 0. The van der Waals surface area contributed by atoms with Crippen LogP contribution in [0.1, 0.15) is 60.3 Å². The van der Waals surface area contributed by atoms with Crippen LogP contribution in [0.15, 0.2) is 78.9 Å². The van der Waals surface area contributed by atoms with Crippen molar-refractivity contribution < 1.29 is 61.8 Å². The zero-order chi connectivity index (χ0) is 37.0. The summed E-state index contributed by atoms with van der Waals surface area (Å²) in [7, 11) is 1.56. The number of methoxy groups -OCH3 is 1. The van der Waals surface area contributed by atoms with Gasteiger partial charge in [0, 0.05) is 12.5 Å². The zero-order valence-electron chi connectivity index (χ0n) is 29.8. The highest BCUT2D eigenvalue weighted by Gasteiger charge is 2.61. The first-order valence-corrected chi connectivity index (χ1v) is 17.6. The van der Waals surface area contributed by atoms with Crippen LogP contribution in [0.4, 0.5) is 0 Å². The molecule has 11 atom stereocenters. The SMILES string of the molecule is COc1ccc(O[C@@H]2O[C@@H]3CO[C@@H](c4ccccc4)O[C@H]3[C@H](O[C@@H]3O[C@@H](C)[C@H](OC(C)=O)[C@H]4OC(C)(C)O[C@@H]34)[C@H]2N2C(=O)c3ccccc3C2=O)cc1. The summed E-state index contributed by atoms with van der Waals surface area (Å²) in [6.45, 7) is 6.62. The number of hydrogen-bond donors (Lipinski definition) is 0. The lowest BCUT2D eigenvalue weighted by Crippen LogP contribution is -2.70. The molecule has 2 amide bonds. The van der Waals surface area contributed by atoms with Crippen LogP contribution in [0.3, 0.4) is 0 Å². The van der Waals surface area contributed by atoms with E-state index in [1.165, 1.54) is 6.92 Å². The predicted octanol–water partition coefficient (Wildman–Crippen LogP) is 4.16. The third kappa shape index (κ3) is 6.69. The Hall–Kier alpha value is -4.41. The van der Waals surface area contributed by atoms with Crippen molar-refractivity contribution in [1.29, 1.82) is 0 Å². The van der Waals surface area contributed by atoms with E-state index in [2.05, 4.69) is 0 Å². The minimum absolute atomic E-state index is 0.0660. The first-order chi connectivity index (χ1) is 25.5. The largest absolute Gasteiger partial charge is 0.497 e. The van der Waals surface area contributed by atoms with Crippen molar-refractivity contribution in [1.82, 2.24) is 4.90 Å². The van der Waals surface area contributed by atoms with Gasteiger partial charge in [-0.25, -0.2) is 0 Å². The van der Waals surface area contributed by atoms with E-state index < -0.39 is 91.2 Å². The third-order valence-electron chi connectivity index (χ3n) is 9.97. The lowest BCUT2D eigenvalue weighted by molar-refractivity contribution is -0.370. The average molecular weight is 732 g/mol. The summed E-state index contributed by atoms with van der Waals surface area (Å²) in [6.07, 6.45) is -9.23. The molecule has 5 aliphatic rings. The van der Waals surface area contributed by atoms with E-state index in [9.17, 15) is 14.4 Å². The first kappa shape index (κ1) is 35.6. The first-order valence-electron chi connectivity index (χ1n) is 17.6. The molecule has 3 aromatic carbocycles. The molecule has 0 N–H and O–H groups in total. The summed E-state index contributed by atoms with van der Waals surface area (Å²) in [6, 6.07) is 21.6. The molecule has 3 aromatic rings. The van der Waals surface area contributed by atoms with Crippen LogP contribution in [0.25, 0.3) is 0 Å². The van der Waals surface area contributed by atoms with Crippen molar-refractivity contribution in [2.45, 2.75) is 101 Å². The molecule has 0 aromatic heterocycles. The van der Waals surface area contributed by atoms with Crippen LogP contribution < -0.4 is 9.47 Å². The monoisotopic (exact) mass is 731 g/mol. The Morgan fingerprint density at radius 1 is 0.774 bits per heavy atom. The van der Waals surface area contributed by atoms with Crippen LogP contribution in [-0.4, -0.2) is 104 Å². The highest BCUT2D eigenvalue weighted by atomic mass is 16.8. The summed E-state index contributed by atoms with van der Waals surface area (Å²) in [5.74, 6) is -1.70. The van der Waals surface area contributed by atoms with E-state index in [0.29, 0.717) is 11.5 Å². The fourth-order valence-corrected chi connectivity index (χ4v) is 7.66. The van der Waals surface area contributed by atoms with Crippen molar-refractivity contribution in [3.05, 3.63) is 95.6 Å². The van der Waals surface area contributed by atoms with Gasteiger partial charge >= 0.3 is 5.97 Å². The number of fused-ring (bicyclic) bond motifs is 3. The molecule has 14 heteroatoms. The maximum Gasteiger partial charge on any atom is 0.303 e. The number of carbonyl (C=O) groups excluding carboxylic acids is 3. The normalized spacial score (nSPS) is 34.5. The number of amides is 2. The maximum atomic E-state index is 14.3. The maximum absolute atomic E-state index is 14.3. The van der Waals surface area contributed by atoms with Gasteiger partial charge in [-0.1, -0.05) is 42.5 Å². The van der Waals surface area contributed by atoms with E-state index >= 15 is 0 Å². The van der Waals surface area contributed by atoms with Gasteiger partial charge in [0.15, 0.2) is 24.5 Å². The van der Waals surface area contributed by atoms with E-state index in [1.807, 2.05) is 30.3 Å². The Morgan fingerprint density at radius 3 is 2.08 bits per heavy atom. The number of esters is 1. The van der Waals surface area contributed by atoms with E-state index in [4.69, 9.17) is 47.4 Å². The highest BCUT2D eigenvalue weighted by Crippen LogP contribution is 2.44. The Kier molecular flexibility index (Phi) is 9.47. The van der Waals surface area contributed by atoms with E-state index in [0.717, 1.165) is 10.5 Å². The molecule has 0 spiro atoms. The lowest BCUT2D eigenvalue weighted by atomic mass is 9.93. The Morgan fingerprint density at radius 2 is 1.42 bits per heavy atom. The summed E-state index contributed by atoms with van der Waals surface area (Å²) in [5.41, 5.74) is 1.22. The summed E-state index contributed by atoms with van der Waals surface area (Å²) < 4.78 is 62.9. The second kappa shape index (κ2) is 14.1. The molecule has 5 aliphatic heterocycles. The van der Waals surface area contributed by atoms with Gasteiger partial charge in [-0.15, -0.1) is 0 Å². The molecule has 4 fully saturated rings. The van der Waals surface area contributed by atoms with Crippen LogP contribution in [0, 0.1) is 0 Å². The molecule has 4 saturated heterocycles. The molecule has 0 bridgehead atoms. The Labute approximate surface area is 306 Å². The number of nitrogens with zero attached hydrogens (tertiary/aromatic N) is 1. The van der Waals surface area contributed by atoms with E-state index in [1.54, 1.807) is 76.4 Å². The van der Waals surface area contributed by atoms with E-state index in [-0.39, 0.29) is 17.7 Å². The zero-order valence-corrected chi connectivity index (χ0v) is 29.8. The van der Waals surface area contributed by atoms with Crippen LogP contribution in [-0.2, 0) is 42.7 Å². The number of imide groups is 1. The number of hydrogen-bond acceptors (Lipinski definition) is 13. The topological polar surface area (TPSA) is 147 Å². The molecule has 280 valence electrons. The van der Waals surface area contributed by atoms with Gasteiger partial charge < -0.3 is 47.4 Å². The van der Waals surface area contributed by atoms with Crippen molar-refractivity contribution in [2.24, 2.45) is 0 Å². The molecular formula is C39H41NO13. The van der Waals surface area contributed by atoms with Crippen LogP contribution in [0.2, 0.25) is 0 Å². The Balaban J connectivity index is 1.21. The summed E-state index contributed by atoms with van der Waals surface area (Å²) in [5, 5.41) is 0. The molecule has 0 aliphatic carbocycles. The minimum atomic E-state index is -1.26. The molecule has 5 heterocycles. The smallest absolute Gasteiger partial charge is 0.303 e. The van der Waals surface area contributed by atoms with Crippen molar-refractivity contribution in [3.8, 4) is 11.5 Å². The van der Waals surface area contributed by atoms with Gasteiger partial charge in [0.25, 0.3) is 11.8 Å². The van der Waals surface area contributed by atoms with Gasteiger partial charge in [-0.05, 0) is 57.2 Å². The molecule has 14 nitrogen and oxygen atoms in total. The van der Waals surface area contributed by atoms with Gasteiger partial charge in [0.1, 0.15) is 48.1 Å². The molecule has 53 heavy (non-hydrogen) atoms. The van der Waals surface area contributed by atoms with Gasteiger partial charge in [-0.2, -0.15) is 0 Å². The van der Waals surface area contributed by atoms with Crippen LogP contribution >= 0.6 is 0 Å². The average Bonchev–Trinajstić information content (AvgIpc) is 3.62. The fourth-order valence-electron chi connectivity index (χ4n) is 7.66.